The van der Waals surface area contributed by atoms with E-state index < -0.39 is 22.2 Å². The molecule has 0 aliphatic rings. The maximum Gasteiger partial charge on any atom is 0.329 e. The molecule has 2 aromatic rings. The summed E-state index contributed by atoms with van der Waals surface area (Å²) in [5.41, 5.74) is -0.800. The molecule has 0 saturated carbocycles. The van der Waals surface area contributed by atoms with Crippen molar-refractivity contribution in [2.45, 2.75) is 0 Å². The zero-order valence-electron chi connectivity index (χ0n) is 9.10. The Bertz CT molecular complexity index is 653. The van der Waals surface area contributed by atoms with Crippen LogP contribution in [0.15, 0.2) is 24.4 Å². The summed E-state index contributed by atoms with van der Waals surface area (Å²) in [6.07, 6.45) is 0.870. The number of benzene rings is 1. The quantitative estimate of drug-likeness (QED) is 0.533. The second-order valence-corrected chi connectivity index (χ2v) is 3.69. The molecule has 0 amide bonds. The van der Waals surface area contributed by atoms with Crippen LogP contribution in [0.5, 0.6) is 0 Å². The van der Waals surface area contributed by atoms with E-state index >= 15 is 0 Å². The van der Waals surface area contributed by atoms with Gasteiger partial charge in [0.15, 0.2) is 11.6 Å². The van der Waals surface area contributed by atoms with E-state index in [2.05, 4.69) is 15.3 Å². The number of rotatable bonds is 3. The largest absolute Gasteiger partial charge is 0.332 e. The van der Waals surface area contributed by atoms with Crippen LogP contribution < -0.4 is 5.32 Å². The monoisotopic (exact) mass is 286 g/mol. The molecule has 0 radical (unpaired) electrons. The second-order valence-electron chi connectivity index (χ2n) is 3.36. The highest BCUT2D eigenvalue weighted by Crippen LogP contribution is 2.27. The first-order chi connectivity index (χ1) is 8.99. The number of nitrogens with zero attached hydrogens (tertiary/aromatic N) is 3. The fourth-order valence-corrected chi connectivity index (χ4v) is 1.44. The van der Waals surface area contributed by atoms with Gasteiger partial charge in [0.25, 0.3) is 0 Å². The molecule has 1 aromatic carbocycles. The van der Waals surface area contributed by atoms with Gasteiger partial charge < -0.3 is 5.32 Å². The molecule has 0 bridgehead atoms. The normalized spacial score (nSPS) is 10.3. The molecule has 0 aliphatic carbocycles. The maximum absolute atomic E-state index is 13.4. The zero-order chi connectivity index (χ0) is 14.0. The maximum atomic E-state index is 13.4. The summed E-state index contributed by atoms with van der Waals surface area (Å²) in [6, 6.07) is 3.37. The number of nitrogens with one attached hydrogen (secondary N) is 1. The number of aromatic nitrogens is 2. The summed E-state index contributed by atoms with van der Waals surface area (Å²) in [6.45, 7) is 0. The zero-order valence-corrected chi connectivity index (χ0v) is 9.86. The van der Waals surface area contributed by atoms with Crippen molar-refractivity contribution in [2.24, 2.45) is 0 Å². The Hall–Kier alpha value is -2.35. The second kappa shape index (κ2) is 5.11. The summed E-state index contributed by atoms with van der Waals surface area (Å²) >= 11 is 5.51. The fraction of sp³-hybridized carbons (Fsp3) is 0. The molecule has 0 spiro atoms. The molecule has 0 saturated heterocycles. The Labute approximate surface area is 110 Å². The Balaban J connectivity index is 2.45. The summed E-state index contributed by atoms with van der Waals surface area (Å²) < 4.78 is 26.4. The standard InChI is InChI=1S/C10H5ClF2N4O2/c11-10-14-4-7(17(18)19)9(16-10)15-6-3-1-2-5(12)8(6)13/h1-4H,(H,14,15,16). The van der Waals surface area contributed by atoms with Crippen LogP contribution in [0.25, 0.3) is 0 Å². The fourth-order valence-electron chi connectivity index (χ4n) is 1.31. The third kappa shape index (κ3) is 2.74. The lowest BCUT2D eigenvalue weighted by molar-refractivity contribution is -0.384. The van der Waals surface area contributed by atoms with E-state index in [-0.39, 0.29) is 16.8 Å². The van der Waals surface area contributed by atoms with Gasteiger partial charge in [-0.25, -0.2) is 13.8 Å². The molecule has 0 unspecified atom stereocenters. The van der Waals surface area contributed by atoms with E-state index in [1.165, 1.54) is 12.1 Å². The van der Waals surface area contributed by atoms with Crippen molar-refractivity contribution in [1.82, 2.24) is 9.97 Å². The summed E-state index contributed by atoms with van der Waals surface area (Å²) in [7, 11) is 0. The Morgan fingerprint density at radius 2 is 2.11 bits per heavy atom. The highest BCUT2D eigenvalue weighted by Gasteiger charge is 2.19. The molecule has 2 rings (SSSR count). The smallest absolute Gasteiger partial charge is 0.329 e. The lowest BCUT2D eigenvalue weighted by Crippen LogP contribution is -2.03. The van der Waals surface area contributed by atoms with Gasteiger partial charge in [-0.1, -0.05) is 6.07 Å². The van der Waals surface area contributed by atoms with Crippen LogP contribution in [0.1, 0.15) is 0 Å². The van der Waals surface area contributed by atoms with Gasteiger partial charge >= 0.3 is 5.69 Å². The van der Waals surface area contributed by atoms with Crippen LogP contribution in [-0.2, 0) is 0 Å². The first-order valence-corrected chi connectivity index (χ1v) is 5.25. The van der Waals surface area contributed by atoms with Crippen LogP contribution in [-0.4, -0.2) is 14.9 Å². The first kappa shape index (κ1) is 13.1. The molecule has 19 heavy (non-hydrogen) atoms. The van der Waals surface area contributed by atoms with E-state index in [1.807, 2.05) is 0 Å². The molecule has 1 aromatic heterocycles. The number of hydrogen-bond donors (Lipinski definition) is 1. The number of nitro groups is 1. The minimum absolute atomic E-state index is 0.259. The van der Waals surface area contributed by atoms with Gasteiger partial charge in [-0.05, 0) is 23.7 Å². The van der Waals surface area contributed by atoms with Gasteiger partial charge in [-0.15, -0.1) is 0 Å². The minimum atomic E-state index is -1.17. The summed E-state index contributed by atoms with van der Waals surface area (Å²) in [4.78, 5) is 17.0. The highest BCUT2D eigenvalue weighted by molar-refractivity contribution is 6.28. The van der Waals surface area contributed by atoms with Crippen LogP contribution >= 0.6 is 11.6 Å². The Morgan fingerprint density at radius 3 is 2.79 bits per heavy atom. The molecule has 1 N–H and O–H groups in total. The third-order valence-corrected chi connectivity index (χ3v) is 2.32. The lowest BCUT2D eigenvalue weighted by atomic mass is 10.3. The van der Waals surface area contributed by atoms with Gasteiger partial charge in [-0.3, -0.25) is 10.1 Å². The van der Waals surface area contributed by atoms with Gasteiger partial charge in [0.2, 0.25) is 11.1 Å². The minimum Gasteiger partial charge on any atom is -0.332 e. The molecule has 98 valence electrons. The van der Waals surface area contributed by atoms with Crippen molar-refractivity contribution in [3.63, 3.8) is 0 Å². The molecule has 9 heteroatoms. The van der Waals surface area contributed by atoms with Gasteiger partial charge in [0.1, 0.15) is 6.20 Å². The molecular weight excluding hydrogens is 282 g/mol. The van der Waals surface area contributed by atoms with Gasteiger partial charge in [0.05, 0.1) is 10.6 Å². The van der Waals surface area contributed by atoms with Crippen molar-refractivity contribution in [3.05, 3.63) is 51.4 Å². The number of anilines is 2. The van der Waals surface area contributed by atoms with E-state index in [9.17, 15) is 18.9 Å². The van der Waals surface area contributed by atoms with Gasteiger partial charge in [-0.2, -0.15) is 4.98 Å². The highest BCUT2D eigenvalue weighted by atomic mass is 35.5. The molecule has 0 atom stereocenters. The van der Waals surface area contributed by atoms with E-state index in [0.717, 1.165) is 12.3 Å². The van der Waals surface area contributed by atoms with E-state index in [4.69, 9.17) is 11.6 Å². The van der Waals surface area contributed by atoms with E-state index in [1.54, 1.807) is 0 Å². The van der Waals surface area contributed by atoms with Crippen molar-refractivity contribution in [2.75, 3.05) is 5.32 Å². The number of hydrogen-bond acceptors (Lipinski definition) is 5. The number of halogens is 3. The van der Waals surface area contributed by atoms with E-state index in [0.29, 0.717) is 0 Å². The van der Waals surface area contributed by atoms with Crippen molar-refractivity contribution < 1.29 is 13.7 Å². The summed E-state index contributed by atoms with van der Waals surface area (Å²) in [5.74, 6) is -2.59. The van der Waals surface area contributed by atoms with Crippen LogP contribution in [0.3, 0.4) is 0 Å². The van der Waals surface area contributed by atoms with Crippen molar-refractivity contribution in [3.8, 4) is 0 Å². The molecule has 1 heterocycles. The van der Waals surface area contributed by atoms with Crippen molar-refractivity contribution >= 4 is 28.8 Å². The molecule has 0 aliphatic heterocycles. The topological polar surface area (TPSA) is 81.0 Å². The Morgan fingerprint density at radius 1 is 1.37 bits per heavy atom. The Kier molecular flexibility index (Phi) is 3.52. The predicted molar refractivity (Wildman–Crippen MR) is 63.3 cm³/mol. The van der Waals surface area contributed by atoms with Crippen LogP contribution in [0, 0.1) is 21.7 Å². The predicted octanol–water partition coefficient (Wildman–Crippen LogP) is 3.06. The molecular formula is C10H5ClF2N4O2. The van der Waals surface area contributed by atoms with Crippen LogP contribution in [0.4, 0.5) is 26.0 Å². The average Bonchev–Trinajstić information content (AvgIpc) is 2.35. The lowest BCUT2D eigenvalue weighted by Gasteiger charge is -2.07. The molecule has 0 fully saturated rings. The first-order valence-electron chi connectivity index (χ1n) is 4.87. The summed E-state index contributed by atoms with van der Waals surface area (Å²) in [5, 5.41) is 12.8. The van der Waals surface area contributed by atoms with Gasteiger partial charge in [0, 0.05) is 0 Å². The average molecular weight is 287 g/mol. The van der Waals surface area contributed by atoms with Crippen LogP contribution in [0.2, 0.25) is 5.28 Å². The SMILES string of the molecule is O=[N+]([O-])c1cnc(Cl)nc1Nc1cccc(F)c1F. The third-order valence-electron chi connectivity index (χ3n) is 2.14. The van der Waals surface area contributed by atoms with Crippen molar-refractivity contribution in [1.29, 1.82) is 0 Å². The molecule has 6 nitrogen and oxygen atoms in total.